The van der Waals surface area contributed by atoms with E-state index in [9.17, 15) is 24.6 Å². The van der Waals surface area contributed by atoms with Crippen LogP contribution in [0.2, 0.25) is 0 Å². The van der Waals surface area contributed by atoms with Gasteiger partial charge in [0.25, 0.3) is 0 Å². The summed E-state index contributed by atoms with van der Waals surface area (Å²) in [5, 5.41) is 28.2. The molecule has 3 amide bonds. The molecule has 1 fully saturated rings. The highest BCUT2D eigenvalue weighted by atomic mass is 16.5. The maximum absolute atomic E-state index is 14.2. The Labute approximate surface area is 314 Å². The van der Waals surface area contributed by atoms with Gasteiger partial charge in [-0.1, -0.05) is 85.2 Å². The van der Waals surface area contributed by atoms with E-state index in [2.05, 4.69) is 24.5 Å². The number of carbonyl (C=O) groups is 3. The zero-order valence-corrected chi connectivity index (χ0v) is 34.2. The Balaban J connectivity index is 2.25. The molecule has 12 heteroatoms. The molecule has 1 saturated heterocycles. The fraction of sp³-hybridized carbons (Fsp3) is 0.775. The van der Waals surface area contributed by atoms with Crippen molar-refractivity contribution < 1.29 is 34.1 Å². The van der Waals surface area contributed by atoms with Crippen LogP contribution < -0.4 is 10.6 Å². The smallest absolute Gasteiger partial charge is 0.240 e. The highest BCUT2D eigenvalue weighted by Crippen LogP contribution is 2.30. The summed E-state index contributed by atoms with van der Waals surface area (Å²) in [7, 11) is 8.74. The molecule has 0 radical (unpaired) electrons. The normalized spacial score (nSPS) is 20.9. The van der Waals surface area contributed by atoms with Gasteiger partial charge in [-0.3, -0.25) is 19.7 Å². The Morgan fingerprint density at radius 2 is 1.54 bits per heavy atom. The second kappa shape index (κ2) is 21.3. The van der Waals surface area contributed by atoms with E-state index in [4.69, 9.17) is 9.47 Å². The molecule has 9 unspecified atom stereocenters. The molecule has 12 nitrogen and oxygen atoms in total. The van der Waals surface area contributed by atoms with E-state index in [1.54, 1.807) is 40.0 Å². The Morgan fingerprint density at radius 3 is 2.04 bits per heavy atom. The van der Waals surface area contributed by atoms with Crippen LogP contribution in [0.15, 0.2) is 30.3 Å². The van der Waals surface area contributed by atoms with Crippen LogP contribution in [0.1, 0.15) is 92.7 Å². The van der Waals surface area contributed by atoms with Gasteiger partial charge in [0.05, 0.1) is 60.9 Å². The molecule has 0 aromatic heterocycles. The number of methoxy groups -OCH3 is 2. The standard InChI is InChI=1S/C40H71N5O7/c1-14-26(6)35(44(11)40(50)33(24(2)3)42-39(49)34(25(4)5)43(9)10)31(51-12)23-32(46)45-22-18-21-30(45)37(52-13)27(7)38(48)41-28(8)36(47)29-19-16-15-17-20-29/h15-17,19-20,24-28,30-31,33-37,39,42,47,49H,14,18,21-23H2,1-13H3,(H,41,48)/t26?,27?,28?,30?,31?,33-,34-,35?,36?,37?,39?/m0/s1. The van der Waals surface area contributed by atoms with Gasteiger partial charge in [0.2, 0.25) is 17.7 Å². The van der Waals surface area contributed by atoms with Gasteiger partial charge < -0.3 is 39.7 Å². The van der Waals surface area contributed by atoms with Crippen LogP contribution in [-0.4, -0.2) is 133 Å². The predicted octanol–water partition coefficient (Wildman–Crippen LogP) is 3.66. The van der Waals surface area contributed by atoms with Crippen molar-refractivity contribution in [1.29, 1.82) is 0 Å². The summed E-state index contributed by atoms with van der Waals surface area (Å²) in [5.41, 5.74) is 0.715. The fourth-order valence-corrected chi connectivity index (χ4v) is 7.97. The molecular formula is C40H71N5O7. The van der Waals surface area contributed by atoms with Crippen LogP contribution in [0.4, 0.5) is 0 Å². The Bertz CT molecular complexity index is 1230. The fourth-order valence-electron chi connectivity index (χ4n) is 7.97. The van der Waals surface area contributed by atoms with E-state index < -0.39 is 48.6 Å². The number of nitrogens with zero attached hydrogens (tertiary/aromatic N) is 3. The number of nitrogens with one attached hydrogen (secondary N) is 2. The van der Waals surface area contributed by atoms with E-state index in [0.717, 1.165) is 12.8 Å². The van der Waals surface area contributed by atoms with Gasteiger partial charge >= 0.3 is 0 Å². The molecule has 4 N–H and O–H groups in total. The number of hydrogen-bond acceptors (Lipinski definition) is 9. The predicted molar refractivity (Wildman–Crippen MR) is 205 cm³/mol. The number of aliphatic hydroxyl groups is 2. The number of ether oxygens (including phenoxy) is 2. The van der Waals surface area contributed by atoms with Gasteiger partial charge in [-0.25, -0.2) is 0 Å². The van der Waals surface area contributed by atoms with E-state index >= 15 is 0 Å². The molecule has 1 heterocycles. The lowest BCUT2D eigenvalue weighted by Gasteiger charge is -2.42. The second-order valence-electron chi connectivity index (χ2n) is 15.8. The maximum Gasteiger partial charge on any atom is 0.240 e. The summed E-state index contributed by atoms with van der Waals surface area (Å²) >= 11 is 0. The van der Waals surface area contributed by atoms with Crippen molar-refractivity contribution in [1.82, 2.24) is 25.3 Å². The van der Waals surface area contributed by atoms with Gasteiger partial charge in [-0.15, -0.1) is 0 Å². The average molecular weight is 734 g/mol. The highest BCUT2D eigenvalue weighted by Gasteiger charge is 2.43. The minimum absolute atomic E-state index is 0.00710. The third kappa shape index (κ3) is 11.7. The number of hydrogen-bond donors (Lipinski definition) is 4. The maximum atomic E-state index is 14.2. The molecule has 2 rings (SSSR count). The van der Waals surface area contributed by atoms with Crippen molar-refractivity contribution in [3.8, 4) is 0 Å². The van der Waals surface area contributed by atoms with Crippen molar-refractivity contribution in [2.75, 3.05) is 41.9 Å². The van der Waals surface area contributed by atoms with Crippen molar-refractivity contribution in [3.05, 3.63) is 35.9 Å². The van der Waals surface area contributed by atoms with Crippen molar-refractivity contribution in [3.63, 3.8) is 0 Å². The molecule has 0 aliphatic carbocycles. The van der Waals surface area contributed by atoms with Crippen LogP contribution in [-0.2, 0) is 23.9 Å². The number of likely N-dealkylation sites (tertiary alicyclic amines) is 1. The van der Waals surface area contributed by atoms with Gasteiger partial charge in [0.15, 0.2) is 0 Å². The lowest BCUT2D eigenvalue weighted by atomic mass is 9.89. The third-order valence-corrected chi connectivity index (χ3v) is 11.1. The second-order valence-corrected chi connectivity index (χ2v) is 15.8. The molecule has 1 aromatic rings. The molecular weight excluding hydrogens is 662 g/mol. The van der Waals surface area contributed by atoms with Crippen molar-refractivity contribution in [2.45, 2.75) is 136 Å². The lowest BCUT2D eigenvalue weighted by molar-refractivity contribution is -0.147. The molecule has 0 bridgehead atoms. The molecule has 0 spiro atoms. The molecule has 11 atom stereocenters. The molecule has 1 aromatic carbocycles. The van der Waals surface area contributed by atoms with Crippen LogP contribution >= 0.6 is 0 Å². The minimum atomic E-state index is -0.927. The molecule has 298 valence electrons. The SMILES string of the molecule is CCC(C)C(C(CC(=O)N1CCCC1C(OC)C(C)C(=O)NC(C)C(O)c1ccccc1)OC)N(C)C(=O)[C@@H](NC(O)[C@H](C(C)C)N(C)C)C(C)C. The number of amides is 3. The first-order valence-electron chi connectivity index (χ1n) is 19.2. The van der Waals surface area contributed by atoms with E-state index in [1.807, 2.05) is 81.9 Å². The van der Waals surface area contributed by atoms with E-state index in [-0.39, 0.29) is 54.0 Å². The molecule has 1 aliphatic rings. The third-order valence-electron chi connectivity index (χ3n) is 11.1. The first-order chi connectivity index (χ1) is 24.4. The highest BCUT2D eigenvalue weighted by molar-refractivity contribution is 5.83. The van der Waals surface area contributed by atoms with Crippen LogP contribution in [0, 0.1) is 23.7 Å². The van der Waals surface area contributed by atoms with Crippen LogP contribution in [0.3, 0.4) is 0 Å². The van der Waals surface area contributed by atoms with Gasteiger partial charge in [-0.2, -0.15) is 0 Å². The Hall–Kier alpha value is -2.61. The van der Waals surface area contributed by atoms with Gasteiger partial charge in [0.1, 0.15) is 6.23 Å². The van der Waals surface area contributed by atoms with Crippen molar-refractivity contribution >= 4 is 17.7 Å². The summed E-state index contributed by atoms with van der Waals surface area (Å²) in [4.78, 5) is 47.4. The van der Waals surface area contributed by atoms with Crippen molar-refractivity contribution in [2.24, 2.45) is 23.7 Å². The van der Waals surface area contributed by atoms with E-state index in [1.165, 1.54) is 0 Å². The summed E-state index contributed by atoms with van der Waals surface area (Å²) in [6, 6.07) is 7.08. The number of likely N-dealkylation sites (N-methyl/N-ethyl adjacent to an activating group) is 2. The van der Waals surface area contributed by atoms with Gasteiger partial charge in [-0.05, 0) is 57.2 Å². The first-order valence-corrected chi connectivity index (χ1v) is 19.2. The monoisotopic (exact) mass is 734 g/mol. The quantitative estimate of drug-likeness (QED) is 0.139. The zero-order chi connectivity index (χ0) is 39.4. The summed E-state index contributed by atoms with van der Waals surface area (Å²) < 4.78 is 12.0. The van der Waals surface area contributed by atoms with Gasteiger partial charge in [0, 0.05) is 27.8 Å². The molecule has 52 heavy (non-hydrogen) atoms. The topological polar surface area (TPSA) is 144 Å². The first kappa shape index (κ1) is 45.5. The van der Waals surface area contributed by atoms with Crippen LogP contribution in [0.5, 0.6) is 0 Å². The number of benzene rings is 1. The number of rotatable bonds is 21. The number of carbonyl (C=O) groups excluding carboxylic acids is 3. The number of aliphatic hydroxyl groups excluding tert-OH is 2. The van der Waals surface area contributed by atoms with Crippen LogP contribution in [0.25, 0.3) is 0 Å². The molecule has 0 saturated carbocycles. The lowest BCUT2D eigenvalue weighted by Crippen LogP contribution is -2.61. The average Bonchev–Trinajstić information content (AvgIpc) is 3.59. The summed E-state index contributed by atoms with van der Waals surface area (Å²) in [5.74, 6) is -1.10. The Morgan fingerprint density at radius 1 is 0.923 bits per heavy atom. The Kier molecular flexibility index (Phi) is 18.7. The zero-order valence-electron chi connectivity index (χ0n) is 34.2. The molecule has 1 aliphatic heterocycles. The summed E-state index contributed by atoms with van der Waals surface area (Å²) in [6.45, 7) is 16.2. The largest absolute Gasteiger partial charge is 0.386 e. The minimum Gasteiger partial charge on any atom is -0.386 e. The van der Waals surface area contributed by atoms with E-state index in [0.29, 0.717) is 18.5 Å². The summed E-state index contributed by atoms with van der Waals surface area (Å²) in [6.07, 6.45) is -0.692.